The average Bonchev–Trinajstić information content (AvgIpc) is 2.77. The molecule has 0 aliphatic heterocycles. The molecule has 0 saturated heterocycles. The van der Waals surface area contributed by atoms with Crippen LogP contribution in [0.15, 0.2) is 78.6 Å². The molecule has 0 spiro atoms. The Labute approximate surface area is 166 Å². The molecule has 0 fully saturated rings. The van der Waals surface area contributed by atoms with Crippen LogP contribution < -0.4 is 15.5 Å². The van der Waals surface area contributed by atoms with Gasteiger partial charge in [0.15, 0.2) is 0 Å². The maximum atomic E-state index is 12.8. The quantitative estimate of drug-likeness (QED) is 0.326. The number of amides is 1. The second-order valence-corrected chi connectivity index (χ2v) is 6.10. The average molecular weight is 394 g/mol. The maximum Gasteiger partial charge on any atom is 0.312 e. The third-order valence-corrected chi connectivity index (χ3v) is 4.16. The number of carbonyl (C=O) groups excluding carboxylic acids is 2. The number of nitrogens with one attached hydrogen (secondary N) is 2. The van der Waals surface area contributed by atoms with Gasteiger partial charge in [0.2, 0.25) is 0 Å². The van der Waals surface area contributed by atoms with Gasteiger partial charge in [0.25, 0.3) is 5.91 Å². The van der Waals surface area contributed by atoms with Crippen molar-refractivity contribution < 1.29 is 23.6 Å². The first-order chi connectivity index (χ1) is 14.2. The third kappa shape index (κ3) is 5.40. The van der Waals surface area contributed by atoms with E-state index in [-0.39, 0.29) is 31.1 Å². The van der Waals surface area contributed by atoms with E-state index in [4.69, 9.17) is 4.74 Å². The SMILES string of the molecule is O=CONCC(=CF)COc1ccc(C(=O)Nc2cccc3ccccc23)cc1. The van der Waals surface area contributed by atoms with Gasteiger partial charge < -0.3 is 14.9 Å². The number of hydrogen-bond acceptors (Lipinski definition) is 5. The zero-order valence-electron chi connectivity index (χ0n) is 15.4. The van der Waals surface area contributed by atoms with E-state index in [1.807, 2.05) is 42.5 Å². The molecule has 0 aromatic heterocycles. The lowest BCUT2D eigenvalue weighted by molar-refractivity contribution is -0.134. The van der Waals surface area contributed by atoms with Crippen LogP contribution in [0.25, 0.3) is 10.8 Å². The fourth-order valence-corrected chi connectivity index (χ4v) is 2.70. The Morgan fingerprint density at radius 1 is 1.00 bits per heavy atom. The Bertz CT molecular complexity index is 1010. The summed E-state index contributed by atoms with van der Waals surface area (Å²) in [6, 6.07) is 20.0. The standard InChI is InChI=1S/C22H19FN2O4/c23-12-16(13-24-29-15-26)14-28-19-10-8-18(9-11-19)22(27)25-21-7-3-5-17-4-1-2-6-20(17)21/h1-12,15,24H,13-14H2,(H,25,27). The van der Waals surface area contributed by atoms with Crippen molar-refractivity contribution >= 4 is 28.8 Å². The summed E-state index contributed by atoms with van der Waals surface area (Å²) in [6.07, 6.45) is 0.382. The summed E-state index contributed by atoms with van der Waals surface area (Å²) in [5.41, 5.74) is 3.73. The highest BCUT2D eigenvalue weighted by Gasteiger charge is 2.09. The molecular formula is C22H19FN2O4. The van der Waals surface area contributed by atoms with Crippen LogP contribution in [-0.4, -0.2) is 25.5 Å². The zero-order chi connectivity index (χ0) is 20.5. The molecule has 3 rings (SSSR count). The summed E-state index contributed by atoms with van der Waals surface area (Å²) >= 11 is 0. The smallest absolute Gasteiger partial charge is 0.312 e. The van der Waals surface area contributed by atoms with Gasteiger partial charge in [0.1, 0.15) is 12.4 Å². The fourth-order valence-electron chi connectivity index (χ4n) is 2.70. The van der Waals surface area contributed by atoms with Crippen LogP contribution in [-0.2, 0) is 9.63 Å². The molecule has 0 aliphatic carbocycles. The van der Waals surface area contributed by atoms with Gasteiger partial charge in [-0.15, -0.1) is 5.48 Å². The number of ether oxygens (including phenoxy) is 1. The van der Waals surface area contributed by atoms with E-state index in [2.05, 4.69) is 15.6 Å². The van der Waals surface area contributed by atoms with Crippen LogP contribution in [0.3, 0.4) is 0 Å². The van der Waals surface area contributed by atoms with Crippen molar-refractivity contribution in [2.75, 3.05) is 18.5 Å². The number of benzene rings is 3. The van der Waals surface area contributed by atoms with Gasteiger partial charge in [-0.2, -0.15) is 0 Å². The van der Waals surface area contributed by atoms with Crippen molar-refractivity contribution in [1.82, 2.24) is 5.48 Å². The van der Waals surface area contributed by atoms with E-state index >= 15 is 0 Å². The lowest BCUT2D eigenvalue weighted by Gasteiger charge is -2.11. The molecule has 0 bridgehead atoms. The van der Waals surface area contributed by atoms with Crippen molar-refractivity contribution in [3.63, 3.8) is 0 Å². The number of hydroxylamine groups is 1. The predicted molar refractivity (Wildman–Crippen MR) is 108 cm³/mol. The summed E-state index contributed by atoms with van der Waals surface area (Å²) in [6.45, 7) is 0.173. The Balaban J connectivity index is 1.60. The van der Waals surface area contributed by atoms with Gasteiger partial charge >= 0.3 is 6.47 Å². The van der Waals surface area contributed by atoms with Crippen LogP contribution >= 0.6 is 0 Å². The minimum Gasteiger partial charge on any atom is -0.489 e. The van der Waals surface area contributed by atoms with Crippen LogP contribution in [0.1, 0.15) is 10.4 Å². The highest BCUT2D eigenvalue weighted by Crippen LogP contribution is 2.24. The van der Waals surface area contributed by atoms with Gasteiger partial charge in [0, 0.05) is 22.2 Å². The summed E-state index contributed by atoms with van der Waals surface area (Å²) in [5.74, 6) is 0.231. The van der Waals surface area contributed by atoms with E-state index < -0.39 is 0 Å². The van der Waals surface area contributed by atoms with Crippen molar-refractivity contribution in [3.05, 3.63) is 84.2 Å². The summed E-state index contributed by atoms with van der Waals surface area (Å²) in [7, 11) is 0. The molecule has 0 aliphatic rings. The predicted octanol–water partition coefficient (Wildman–Crippen LogP) is 4.00. The molecular weight excluding hydrogens is 375 g/mol. The highest BCUT2D eigenvalue weighted by molar-refractivity contribution is 6.09. The molecule has 6 nitrogen and oxygen atoms in total. The number of anilines is 1. The van der Waals surface area contributed by atoms with Gasteiger partial charge in [-0.05, 0) is 35.7 Å². The maximum absolute atomic E-state index is 12.8. The van der Waals surface area contributed by atoms with Gasteiger partial charge in [-0.3, -0.25) is 9.59 Å². The molecule has 2 N–H and O–H groups in total. The Hall–Kier alpha value is -3.71. The molecule has 0 radical (unpaired) electrons. The van der Waals surface area contributed by atoms with Crippen molar-refractivity contribution in [2.24, 2.45) is 0 Å². The van der Waals surface area contributed by atoms with Crippen LogP contribution in [0.5, 0.6) is 5.75 Å². The van der Waals surface area contributed by atoms with Crippen LogP contribution in [0, 0.1) is 0 Å². The molecule has 3 aromatic rings. The molecule has 0 atom stereocenters. The molecule has 1 amide bonds. The van der Waals surface area contributed by atoms with Gasteiger partial charge in [0.05, 0.1) is 12.9 Å². The van der Waals surface area contributed by atoms with Crippen molar-refractivity contribution in [2.45, 2.75) is 0 Å². The van der Waals surface area contributed by atoms with Gasteiger partial charge in [-0.25, -0.2) is 4.39 Å². The summed E-state index contributed by atoms with van der Waals surface area (Å²) < 4.78 is 18.3. The number of rotatable bonds is 9. The fraction of sp³-hybridized carbons (Fsp3) is 0.0909. The minimum absolute atomic E-state index is 0.000755. The highest BCUT2D eigenvalue weighted by atomic mass is 19.1. The minimum atomic E-state index is -0.243. The van der Waals surface area contributed by atoms with E-state index in [1.165, 1.54) is 0 Å². The Morgan fingerprint density at radius 2 is 1.76 bits per heavy atom. The first-order valence-corrected chi connectivity index (χ1v) is 8.83. The number of fused-ring (bicyclic) bond motifs is 1. The first kappa shape index (κ1) is 20.0. The lowest BCUT2D eigenvalue weighted by Crippen LogP contribution is -2.19. The van der Waals surface area contributed by atoms with Crippen LogP contribution in [0.2, 0.25) is 0 Å². The first-order valence-electron chi connectivity index (χ1n) is 8.83. The summed E-state index contributed by atoms with van der Waals surface area (Å²) in [4.78, 5) is 26.9. The molecule has 148 valence electrons. The third-order valence-electron chi connectivity index (χ3n) is 4.16. The van der Waals surface area contributed by atoms with Gasteiger partial charge in [-0.1, -0.05) is 36.4 Å². The number of carbonyl (C=O) groups is 2. The Morgan fingerprint density at radius 3 is 2.52 bits per heavy atom. The normalized spacial score (nSPS) is 11.1. The molecule has 0 saturated carbocycles. The van der Waals surface area contributed by atoms with E-state index in [0.29, 0.717) is 17.6 Å². The van der Waals surface area contributed by atoms with Crippen molar-refractivity contribution in [3.8, 4) is 5.75 Å². The number of halogens is 1. The summed E-state index contributed by atoms with van der Waals surface area (Å²) in [5, 5.41) is 4.92. The molecule has 0 unspecified atom stereocenters. The second-order valence-electron chi connectivity index (χ2n) is 6.10. The lowest BCUT2D eigenvalue weighted by atomic mass is 10.1. The molecule has 3 aromatic carbocycles. The van der Waals surface area contributed by atoms with Crippen molar-refractivity contribution in [1.29, 1.82) is 0 Å². The largest absolute Gasteiger partial charge is 0.489 e. The number of hydrogen-bond donors (Lipinski definition) is 2. The zero-order valence-corrected chi connectivity index (χ0v) is 15.4. The molecule has 0 heterocycles. The second kappa shape index (κ2) is 10.0. The Kier molecular flexibility index (Phi) is 6.91. The topological polar surface area (TPSA) is 76.7 Å². The van der Waals surface area contributed by atoms with E-state index in [1.54, 1.807) is 24.3 Å². The molecule has 7 heteroatoms. The van der Waals surface area contributed by atoms with E-state index in [0.717, 1.165) is 16.5 Å². The van der Waals surface area contributed by atoms with E-state index in [9.17, 15) is 14.0 Å². The van der Waals surface area contributed by atoms with Crippen LogP contribution in [0.4, 0.5) is 10.1 Å². The monoisotopic (exact) mass is 394 g/mol. The molecule has 29 heavy (non-hydrogen) atoms.